The highest BCUT2D eigenvalue weighted by Crippen LogP contribution is 2.34. The Morgan fingerprint density at radius 1 is 1.22 bits per heavy atom. The van der Waals surface area contributed by atoms with Gasteiger partial charge in [-0.1, -0.05) is 25.1 Å². The minimum absolute atomic E-state index is 0.117. The van der Waals surface area contributed by atoms with Gasteiger partial charge >= 0.3 is 12.2 Å². The number of carbonyl (C=O) groups excluding carboxylic acids is 1. The second-order valence-electron chi connectivity index (χ2n) is 5.95. The Balaban J connectivity index is 2.33. The van der Waals surface area contributed by atoms with Crippen LogP contribution in [0, 0.1) is 6.92 Å². The number of rotatable bonds is 5. The van der Waals surface area contributed by atoms with Gasteiger partial charge in [0.2, 0.25) is 0 Å². The zero-order valence-electron chi connectivity index (χ0n) is 15.2. The average Bonchev–Trinajstić information content (AvgIpc) is 2.64. The summed E-state index contributed by atoms with van der Waals surface area (Å²) in [6.45, 7) is 3.78. The molecule has 0 radical (unpaired) electrons. The van der Waals surface area contributed by atoms with E-state index < -0.39 is 17.8 Å². The summed E-state index contributed by atoms with van der Waals surface area (Å²) in [5.41, 5.74) is 0.971. The predicted octanol–water partition coefficient (Wildman–Crippen LogP) is 4.69. The molecule has 5 nitrogen and oxygen atoms in total. The Morgan fingerprint density at radius 3 is 2.48 bits per heavy atom. The highest BCUT2D eigenvalue weighted by Gasteiger charge is 2.32. The van der Waals surface area contributed by atoms with Crippen molar-refractivity contribution in [2.24, 2.45) is 0 Å². The van der Waals surface area contributed by atoms with Gasteiger partial charge in [-0.2, -0.15) is 18.2 Å². The SMILES string of the molecule is CCc1ccc(OCc2ccc(C(F)(F)F)cc2N(O)C(=O)NC)c(C)c1. The smallest absolute Gasteiger partial charge is 0.416 e. The highest BCUT2D eigenvalue weighted by atomic mass is 19.4. The molecular weight excluding hydrogens is 361 g/mol. The van der Waals surface area contributed by atoms with Crippen molar-refractivity contribution < 1.29 is 27.9 Å². The van der Waals surface area contributed by atoms with Crippen LogP contribution in [-0.4, -0.2) is 18.3 Å². The molecule has 2 aromatic rings. The van der Waals surface area contributed by atoms with E-state index in [2.05, 4.69) is 5.32 Å². The van der Waals surface area contributed by atoms with Crippen LogP contribution in [-0.2, 0) is 19.2 Å². The summed E-state index contributed by atoms with van der Waals surface area (Å²) in [4.78, 5) is 11.7. The van der Waals surface area contributed by atoms with Crippen LogP contribution in [0.25, 0.3) is 0 Å². The molecule has 2 aromatic carbocycles. The maximum atomic E-state index is 13.0. The molecule has 0 aliphatic heterocycles. The molecular formula is C19H21F3N2O3. The Morgan fingerprint density at radius 2 is 1.93 bits per heavy atom. The molecule has 146 valence electrons. The van der Waals surface area contributed by atoms with Gasteiger partial charge < -0.3 is 10.1 Å². The van der Waals surface area contributed by atoms with E-state index >= 15 is 0 Å². The minimum Gasteiger partial charge on any atom is -0.489 e. The Hall–Kier alpha value is -2.74. The number of urea groups is 1. The van der Waals surface area contributed by atoms with Crippen molar-refractivity contribution >= 4 is 11.7 Å². The standard InChI is InChI=1S/C19H21F3N2O3/c1-4-13-5-8-17(12(2)9-13)27-11-14-6-7-15(19(20,21)22)10-16(14)24(26)18(25)23-3/h5-10,26H,4,11H2,1-3H3,(H,23,25). The second-order valence-corrected chi connectivity index (χ2v) is 5.95. The summed E-state index contributed by atoms with van der Waals surface area (Å²) < 4.78 is 44.7. The van der Waals surface area contributed by atoms with E-state index in [0.717, 1.165) is 23.6 Å². The average molecular weight is 382 g/mol. The maximum absolute atomic E-state index is 13.0. The third-order valence-corrected chi connectivity index (χ3v) is 4.08. The first kappa shape index (κ1) is 20.6. The zero-order chi connectivity index (χ0) is 20.2. The van der Waals surface area contributed by atoms with E-state index in [0.29, 0.717) is 11.8 Å². The van der Waals surface area contributed by atoms with Crippen molar-refractivity contribution in [2.75, 3.05) is 12.1 Å². The normalized spacial score (nSPS) is 11.2. The first-order valence-electron chi connectivity index (χ1n) is 8.30. The monoisotopic (exact) mass is 382 g/mol. The molecule has 2 rings (SSSR count). The van der Waals surface area contributed by atoms with Gasteiger partial charge in [-0.25, -0.2) is 4.79 Å². The van der Waals surface area contributed by atoms with E-state index in [1.165, 1.54) is 13.1 Å². The number of benzene rings is 2. The number of ether oxygens (including phenoxy) is 1. The van der Waals surface area contributed by atoms with Crippen molar-refractivity contribution in [3.63, 3.8) is 0 Å². The molecule has 0 heterocycles. The minimum atomic E-state index is -4.61. The Bertz CT molecular complexity index is 822. The predicted molar refractivity (Wildman–Crippen MR) is 95.1 cm³/mol. The van der Waals surface area contributed by atoms with Crippen LogP contribution < -0.4 is 15.1 Å². The summed E-state index contributed by atoms with van der Waals surface area (Å²) in [7, 11) is 1.26. The molecule has 0 saturated heterocycles. The van der Waals surface area contributed by atoms with E-state index in [4.69, 9.17) is 4.74 Å². The molecule has 0 bridgehead atoms. The largest absolute Gasteiger partial charge is 0.489 e. The third-order valence-electron chi connectivity index (χ3n) is 4.08. The van der Waals surface area contributed by atoms with Crippen LogP contribution in [0.4, 0.5) is 23.7 Å². The van der Waals surface area contributed by atoms with Crippen LogP contribution >= 0.6 is 0 Å². The molecule has 0 saturated carbocycles. The lowest BCUT2D eigenvalue weighted by atomic mass is 10.1. The topological polar surface area (TPSA) is 61.8 Å². The molecule has 27 heavy (non-hydrogen) atoms. The highest BCUT2D eigenvalue weighted by molar-refractivity contribution is 5.90. The van der Waals surface area contributed by atoms with Gasteiger partial charge in [0.15, 0.2) is 0 Å². The van der Waals surface area contributed by atoms with Gasteiger partial charge in [0.05, 0.1) is 11.3 Å². The molecule has 2 N–H and O–H groups in total. The lowest BCUT2D eigenvalue weighted by molar-refractivity contribution is -0.137. The molecule has 0 aromatic heterocycles. The van der Waals surface area contributed by atoms with E-state index in [1.54, 1.807) is 6.07 Å². The third kappa shape index (κ3) is 4.91. The Labute approximate surface area is 155 Å². The number of nitrogens with one attached hydrogen (secondary N) is 1. The Kier molecular flexibility index (Phi) is 6.32. The number of hydroxylamine groups is 1. The molecule has 0 aliphatic carbocycles. The van der Waals surface area contributed by atoms with Gasteiger partial charge in [-0.3, -0.25) is 5.21 Å². The van der Waals surface area contributed by atoms with E-state index in [-0.39, 0.29) is 22.9 Å². The second kappa shape index (κ2) is 8.30. The lowest BCUT2D eigenvalue weighted by Crippen LogP contribution is -2.36. The van der Waals surface area contributed by atoms with Crippen molar-refractivity contribution in [2.45, 2.75) is 33.1 Å². The van der Waals surface area contributed by atoms with Crippen molar-refractivity contribution in [3.05, 3.63) is 58.7 Å². The van der Waals surface area contributed by atoms with E-state index in [1.807, 2.05) is 26.0 Å². The number of carbonyl (C=O) groups is 1. The summed E-state index contributed by atoms with van der Waals surface area (Å²) >= 11 is 0. The summed E-state index contributed by atoms with van der Waals surface area (Å²) in [5.74, 6) is 0.572. The van der Waals surface area contributed by atoms with Crippen molar-refractivity contribution in [1.82, 2.24) is 5.32 Å². The number of halogens is 3. The van der Waals surface area contributed by atoms with Crippen LogP contribution in [0.1, 0.15) is 29.2 Å². The van der Waals surface area contributed by atoms with Gasteiger partial charge in [-0.05, 0) is 42.7 Å². The van der Waals surface area contributed by atoms with Gasteiger partial charge in [0.1, 0.15) is 12.4 Å². The summed E-state index contributed by atoms with van der Waals surface area (Å²) in [6, 6.07) is 7.46. The van der Waals surface area contributed by atoms with Crippen molar-refractivity contribution in [3.8, 4) is 5.75 Å². The van der Waals surface area contributed by atoms with Crippen LogP contribution in [0.2, 0.25) is 0 Å². The molecule has 2 amide bonds. The lowest BCUT2D eigenvalue weighted by Gasteiger charge is -2.20. The van der Waals surface area contributed by atoms with Crippen LogP contribution in [0.5, 0.6) is 5.75 Å². The number of hydrogen-bond acceptors (Lipinski definition) is 3. The molecule has 0 spiro atoms. The van der Waals surface area contributed by atoms with Crippen LogP contribution in [0.3, 0.4) is 0 Å². The number of anilines is 1. The molecule has 0 aliphatic rings. The first-order valence-corrected chi connectivity index (χ1v) is 8.30. The first-order chi connectivity index (χ1) is 12.7. The van der Waals surface area contributed by atoms with Crippen LogP contribution in [0.15, 0.2) is 36.4 Å². The molecule has 0 unspecified atom stereocenters. The van der Waals surface area contributed by atoms with Gasteiger partial charge in [0.25, 0.3) is 0 Å². The maximum Gasteiger partial charge on any atom is 0.416 e. The number of nitrogens with zero attached hydrogens (tertiary/aromatic N) is 1. The fourth-order valence-electron chi connectivity index (χ4n) is 2.52. The summed E-state index contributed by atoms with van der Waals surface area (Å²) in [5, 5.41) is 12.3. The fourth-order valence-corrected chi connectivity index (χ4v) is 2.52. The summed E-state index contributed by atoms with van der Waals surface area (Å²) in [6.07, 6.45) is -3.74. The zero-order valence-corrected chi connectivity index (χ0v) is 15.2. The number of hydrogen-bond donors (Lipinski definition) is 2. The van der Waals surface area contributed by atoms with Gasteiger partial charge in [0, 0.05) is 12.6 Å². The quantitative estimate of drug-likeness (QED) is 0.583. The van der Waals surface area contributed by atoms with E-state index in [9.17, 15) is 23.2 Å². The number of alkyl halides is 3. The number of amides is 2. The molecule has 8 heteroatoms. The van der Waals surface area contributed by atoms with Crippen molar-refractivity contribution in [1.29, 1.82) is 0 Å². The molecule has 0 fully saturated rings. The fraction of sp³-hybridized carbons (Fsp3) is 0.316. The van der Waals surface area contributed by atoms with Gasteiger partial charge in [-0.15, -0.1) is 0 Å². The molecule has 0 atom stereocenters. The number of aryl methyl sites for hydroxylation is 2.